The van der Waals surface area contributed by atoms with Gasteiger partial charge in [-0.3, -0.25) is 19.3 Å². The van der Waals surface area contributed by atoms with Gasteiger partial charge >= 0.3 is 0 Å². The van der Waals surface area contributed by atoms with Crippen LogP contribution >= 0.6 is 0 Å². The number of imide groups is 1. The topological polar surface area (TPSA) is 91.4 Å². The van der Waals surface area contributed by atoms with E-state index in [9.17, 15) is 18.8 Å². The third-order valence-electron chi connectivity index (χ3n) is 4.84. The second kappa shape index (κ2) is 8.74. The molecule has 1 aliphatic heterocycles. The van der Waals surface area contributed by atoms with E-state index >= 15 is 0 Å². The van der Waals surface area contributed by atoms with Gasteiger partial charge in [0.1, 0.15) is 11.6 Å². The first-order valence-electron chi connectivity index (χ1n) is 9.77. The zero-order chi connectivity index (χ0) is 21.8. The quantitative estimate of drug-likeness (QED) is 0.604. The van der Waals surface area contributed by atoms with E-state index < -0.39 is 11.7 Å². The van der Waals surface area contributed by atoms with Crippen molar-refractivity contribution in [1.82, 2.24) is 4.98 Å². The number of nitrogens with one attached hydrogen (secondary N) is 2. The molecule has 2 heterocycles. The number of para-hydroxylation sites is 1. The summed E-state index contributed by atoms with van der Waals surface area (Å²) in [7, 11) is 0. The van der Waals surface area contributed by atoms with E-state index in [4.69, 9.17) is 0 Å². The van der Waals surface area contributed by atoms with Crippen LogP contribution in [0.3, 0.4) is 0 Å². The Bertz CT molecular complexity index is 1130. The van der Waals surface area contributed by atoms with E-state index in [1.165, 1.54) is 17.2 Å². The Kier molecular flexibility index (Phi) is 5.70. The lowest BCUT2D eigenvalue weighted by Gasteiger charge is -2.25. The van der Waals surface area contributed by atoms with Crippen LogP contribution in [0, 0.1) is 5.82 Å². The molecule has 1 aliphatic rings. The summed E-state index contributed by atoms with van der Waals surface area (Å²) in [4.78, 5) is 42.2. The molecule has 31 heavy (non-hydrogen) atoms. The number of carbonyl (C=O) groups is 3. The summed E-state index contributed by atoms with van der Waals surface area (Å²) in [5.41, 5.74) is 1.38. The largest absolute Gasteiger partial charge is 0.337 e. The molecule has 0 spiro atoms. The summed E-state index contributed by atoms with van der Waals surface area (Å²) >= 11 is 0. The third kappa shape index (κ3) is 4.42. The van der Waals surface area contributed by atoms with Crippen molar-refractivity contribution >= 4 is 40.6 Å². The predicted octanol–water partition coefficient (Wildman–Crippen LogP) is 4.26. The van der Waals surface area contributed by atoms with Crippen molar-refractivity contribution < 1.29 is 18.8 Å². The number of nitrogens with zero attached hydrogens (tertiary/aromatic N) is 2. The van der Waals surface area contributed by atoms with Crippen LogP contribution in [0.25, 0.3) is 0 Å². The summed E-state index contributed by atoms with van der Waals surface area (Å²) in [5, 5.41) is 5.59. The fourth-order valence-electron chi connectivity index (χ4n) is 3.31. The van der Waals surface area contributed by atoms with Crippen molar-refractivity contribution in [2.75, 3.05) is 15.5 Å². The molecular weight excluding hydrogens is 399 g/mol. The number of benzene rings is 2. The predicted molar refractivity (Wildman–Crippen MR) is 115 cm³/mol. The summed E-state index contributed by atoms with van der Waals surface area (Å²) < 4.78 is 14.0. The van der Waals surface area contributed by atoms with Gasteiger partial charge in [0.15, 0.2) is 0 Å². The van der Waals surface area contributed by atoms with Gasteiger partial charge in [-0.25, -0.2) is 9.37 Å². The molecule has 0 aliphatic carbocycles. The second-order valence-corrected chi connectivity index (χ2v) is 6.98. The van der Waals surface area contributed by atoms with Gasteiger partial charge in [0.25, 0.3) is 5.91 Å². The highest BCUT2D eigenvalue weighted by atomic mass is 19.1. The molecule has 156 valence electrons. The van der Waals surface area contributed by atoms with Gasteiger partial charge in [0.05, 0.1) is 16.9 Å². The van der Waals surface area contributed by atoms with Crippen LogP contribution in [0.4, 0.5) is 27.3 Å². The molecule has 0 saturated carbocycles. The van der Waals surface area contributed by atoms with Gasteiger partial charge in [-0.2, -0.15) is 0 Å². The molecule has 0 atom stereocenters. The normalized spacial score (nSPS) is 13.8. The SMILES string of the molecule is O=C(Nc1ccc(N2C(=O)CCCC2=O)cc1)c1cccnc1Nc1ccccc1F. The molecule has 3 aromatic rings. The first kappa shape index (κ1) is 20.2. The highest BCUT2D eigenvalue weighted by Crippen LogP contribution is 2.25. The maximum absolute atomic E-state index is 14.0. The number of rotatable bonds is 5. The molecule has 2 N–H and O–H groups in total. The first-order chi connectivity index (χ1) is 15.0. The first-order valence-corrected chi connectivity index (χ1v) is 9.77. The molecule has 0 radical (unpaired) electrons. The smallest absolute Gasteiger partial charge is 0.259 e. The summed E-state index contributed by atoms with van der Waals surface area (Å²) in [6.07, 6.45) is 2.74. The van der Waals surface area contributed by atoms with Gasteiger partial charge in [-0.15, -0.1) is 0 Å². The average Bonchev–Trinajstić information content (AvgIpc) is 2.77. The molecule has 1 fully saturated rings. The van der Waals surface area contributed by atoms with Crippen LogP contribution in [-0.2, 0) is 9.59 Å². The van der Waals surface area contributed by atoms with Crippen LogP contribution in [0.5, 0.6) is 0 Å². The van der Waals surface area contributed by atoms with Crippen molar-refractivity contribution in [2.45, 2.75) is 19.3 Å². The highest BCUT2D eigenvalue weighted by molar-refractivity contribution is 6.16. The maximum Gasteiger partial charge on any atom is 0.259 e. The number of aromatic nitrogens is 1. The zero-order valence-corrected chi connectivity index (χ0v) is 16.5. The molecule has 7 nitrogen and oxygen atoms in total. The Morgan fingerprint density at radius 3 is 2.35 bits per heavy atom. The van der Waals surface area contributed by atoms with E-state index in [0.717, 1.165) is 0 Å². The van der Waals surface area contributed by atoms with Crippen LogP contribution in [0.2, 0.25) is 0 Å². The number of hydrogen-bond acceptors (Lipinski definition) is 5. The summed E-state index contributed by atoms with van der Waals surface area (Å²) in [6.45, 7) is 0. The maximum atomic E-state index is 14.0. The highest BCUT2D eigenvalue weighted by Gasteiger charge is 2.27. The number of carbonyl (C=O) groups excluding carboxylic acids is 3. The fourth-order valence-corrected chi connectivity index (χ4v) is 3.31. The van der Waals surface area contributed by atoms with Crippen LogP contribution in [-0.4, -0.2) is 22.7 Å². The number of piperidine rings is 1. The lowest BCUT2D eigenvalue weighted by atomic mass is 10.1. The Morgan fingerprint density at radius 2 is 1.65 bits per heavy atom. The van der Waals surface area contributed by atoms with E-state index in [0.29, 0.717) is 30.6 Å². The minimum absolute atomic E-state index is 0.204. The van der Waals surface area contributed by atoms with Gasteiger partial charge in [-0.1, -0.05) is 12.1 Å². The van der Waals surface area contributed by atoms with Gasteiger partial charge in [0, 0.05) is 24.7 Å². The van der Waals surface area contributed by atoms with Crippen molar-refractivity contribution in [3.8, 4) is 0 Å². The van der Waals surface area contributed by atoms with Crippen molar-refractivity contribution in [3.05, 3.63) is 78.2 Å². The molecule has 8 heteroatoms. The lowest BCUT2D eigenvalue weighted by Crippen LogP contribution is -2.40. The standard InChI is InChI=1S/C23H19FN4O3/c24-18-6-1-2-7-19(18)27-22-17(5-4-14-25-22)23(31)26-15-10-12-16(13-11-15)28-20(29)8-3-9-21(28)30/h1-2,4-7,10-14H,3,8-9H2,(H,25,27)(H,26,31). The Labute approximate surface area is 177 Å². The molecule has 2 aromatic carbocycles. The molecule has 3 amide bonds. The molecule has 1 aromatic heterocycles. The number of halogens is 1. The monoisotopic (exact) mass is 418 g/mol. The molecule has 0 unspecified atom stereocenters. The van der Waals surface area contributed by atoms with Crippen molar-refractivity contribution in [2.24, 2.45) is 0 Å². The average molecular weight is 418 g/mol. The Balaban J connectivity index is 1.51. The summed E-state index contributed by atoms with van der Waals surface area (Å²) in [6, 6.07) is 15.7. The summed E-state index contributed by atoms with van der Waals surface area (Å²) in [5.74, 6) is -1.15. The molecule has 4 rings (SSSR count). The Hall–Kier alpha value is -4.07. The van der Waals surface area contributed by atoms with E-state index in [1.807, 2.05) is 0 Å². The van der Waals surface area contributed by atoms with Gasteiger partial charge in [-0.05, 0) is 55.0 Å². The minimum atomic E-state index is -0.461. The minimum Gasteiger partial charge on any atom is -0.337 e. The molecule has 1 saturated heterocycles. The van der Waals surface area contributed by atoms with E-state index in [-0.39, 0.29) is 28.9 Å². The number of amides is 3. The lowest BCUT2D eigenvalue weighted by molar-refractivity contribution is -0.129. The van der Waals surface area contributed by atoms with Crippen LogP contribution < -0.4 is 15.5 Å². The van der Waals surface area contributed by atoms with Crippen molar-refractivity contribution in [3.63, 3.8) is 0 Å². The van der Waals surface area contributed by atoms with E-state index in [1.54, 1.807) is 54.6 Å². The second-order valence-electron chi connectivity index (χ2n) is 6.98. The number of hydrogen-bond donors (Lipinski definition) is 2. The van der Waals surface area contributed by atoms with Crippen LogP contribution in [0.1, 0.15) is 29.6 Å². The molecule has 0 bridgehead atoms. The zero-order valence-electron chi connectivity index (χ0n) is 16.5. The molecular formula is C23H19FN4O3. The Morgan fingerprint density at radius 1 is 0.935 bits per heavy atom. The number of pyridine rings is 1. The third-order valence-corrected chi connectivity index (χ3v) is 4.84. The number of anilines is 4. The van der Waals surface area contributed by atoms with Crippen molar-refractivity contribution in [1.29, 1.82) is 0 Å². The van der Waals surface area contributed by atoms with Gasteiger partial charge < -0.3 is 10.6 Å². The van der Waals surface area contributed by atoms with Gasteiger partial charge in [0.2, 0.25) is 11.8 Å². The van der Waals surface area contributed by atoms with E-state index in [2.05, 4.69) is 15.6 Å². The fraction of sp³-hybridized carbons (Fsp3) is 0.130. The van der Waals surface area contributed by atoms with Crippen LogP contribution in [0.15, 0.2) is 66.9 Å².